The Balaban J connectivity index is 2.26. The van der Waals surface area contributed by atoms with E-state index < -0.39 is 10.0 Å². The molecule has 0 atom stereocenters. The third-order valence-electron chi connectivity index (χ3n) is 3.71. The van der Waals surface area contributed by atoms with Crippen LogP contribution in [-0.2, 0) is 10.0 Å². The molecule has 1 aromatic rings. The van der Waals surface area contributed by atoms with Crippen LogP contribution in [0, 0.1) is 0 Å². The lowest BCUT2D eigenvalue weighted by atomic mass is 9.93. The second-order valence-electron chi connectivity index (χ2n) is 5.18. The average molecular weight is 313 g/mol. The predicted molar refractivity (Wildman–Crippen MR) is 81.6 cm³/mol. The van der Waals surface area contributed by atoms with E-state index in [1.54, 1.807) is 6.07 Å². The van der Waals surface area contributed by atoms with Gasteiger partial charge in [-0.15, -0.1) is 0 Å². The first kappa shape index (κ1) is 16.2. The van der Waals surface area contributed by atoms with Crippen molar-refractivity contribution in [3.05, 3.63) is 18.3 Å². The van der Waals surface area contributed by atoms with E-state index in [1.165, 1.54) is 16.6 Å². The lowest BCUT2D eigenvalue weighted by Crippen LogP contribution is -2.44. The third-order valence-corrected chi connectivity index (χ3v) is 5.66. The van der Waals surface area contributed by atoms with E-state index >= 15 is 0 Å². The summed E-state index contributed by atoms with van der Waals surface area (Å²) >= 11 is 0. The zero-order valence-electron chi connectivity index (χ0n) is 12.3. The van der Waals surface area contributed by atoms with Gasteiger partial charge in [0.2, 0.25) is 10.0 Å². The molecular weight excluding hydrogens is 290 g/mol. The molecule has 1 saturated carbocycles. The van der Waals surface area contributed by atoms with Gasteiger partial charge in [-0.1, -0.05) is 6.42 Å². The van der Waals surface area contributed by atoms with E-state index in [0.717, 1.165) is 19.3 Å². The fourth-order valence-corrected chi connectivity index (χ4v) is 4.12. The molecule has 1 heterocycles. The summed E-state index contributed by atoms with van der Waals surface area (Å²) in [6.07, 6.45) is 4.83. The molecule has 21 heavy (non-hydrogen) atoms. The predicted octanol–water partition coefficient (Wildman–Crippen LogP) is 1.44. The topological polar surface area (TPSA) is 82.5 Å². The van der Waals surface area contributed by atoms with E-state index in [-0.39, 0.29) is 17.5 Å². The minimum absolute atomic E-state index is 0.00226. The molecule has 0 amide bonds. The third kappa shape index (κ3) is 3.72. The maximum Gasteiger partial charge on any atom is 0.243 e. The van der Waals surface area contributed by atoms with E-state index in [2.05, 4.69) is 10.3 Å². The fourth-order valence-electron chi connectivity index (χ4n) is 2.39. The Morgan fingerprint density at radius 1 is 1.48 bits per heavy atom. The Labute approximate surface area is 126 Å². The summed E-state index contributed by atoms with van der Waals surface area (Å²) in [6.45, 7) is 2.98. The number of aliphatic hydroxyl groups excluding tert-OH is 1. The summed E-state index contributed by atoms with van der Waals surface area (Å²) in [7, 11) is -3.53. The Morgan fingerprint density at radius 3 is 2.81 bits per heavy atom. The largest absolute Gasteiger partial charge is 0.396 e. The molecule has 0 unspecified atom stereocenters. The molecule has 2 rings (SSSR count). The first-order valence-electron chi connectivity index (χ1n) is 7.42. The summed E-state index contributed by atoms with van der Waals surface area (Å²) < 4.78 is 27.2. The highest BCUT2D eigenvalue weighted by molar-refractivity contribution is 7.89. The van der Waals surface area contributed by atoms with Gasteiger partial charge in [-0.25, -0.2) is 13.4 Å². The highest BCUT2D eigenvalue weighted by Gasteiger charge is 2.34. The zero-order chi connectivity index (χ0) is 15.3. The SMILES string of the molecule is CCNc1cc(S(=O)(=O)N(CCCO)C2CCC2)ccn1. The smallest absolute Gasteiger partial charge is 0.243 e. The van der Waals surface area contributed by atoms with Gasteiger partial charge in [0, 0.05) is 38.0 Å². The molecule has 118 valence electrons. The number of hydrogen-bond acceptors (Lipinski definition) is 5. The highest BCUT2D eigenvalue weighted by atomic mass is 32.2. The molecule has 1 aliphatic rings. The van der Waals surface area contributed by atoms with Gasteiger partial charge in [-0.05, 0) is 32.3 Å². The quantitative estimate of drug-likeness (QED) is 0.759. The van der Waals surface area contributed by atoms with Crippen LogP contribution in [0.1, 0.15) is 32.6 Å². The van der Waals surface area contributed by atoms with Gasteiger partial charge in [0.15, 0.2) is 0 Å². The molecule has 6 nitrogen and oxygen atoms in total. The van der Waals surface area contributed by atoms with Gasteiger partial charge in [0.1, 0.15) is 5.82 Å². The van der Waals surface area contributed by atoms with E-state index in [1.807, 2.05) is 6.92 Å². The van der Waals surface area contributed by atoms with Crippen LogP contribution in [0.2, 0.25) is 0 Å². The molecule has 0 aromatic carbocycles. The Bertz CT molecular complexity index is 558. The van der Waals surface area contributed by atoms with Crippen molar-refractivity contribution in [3.63, 3.8) is 0 Å². The number of aliphatic hydroxyl groups is 1. The van der Waals surface area contributed by atoms with Crippen molar-refractivity contribution in [2.24, 2.45) is 0 Å². The fraction of sp³-hybridized carbons (Fsp3) is 0.643. The van der Waals surface area contributed by atoms with E-state index in [9.17, 15) is 8.42 Å². The van der Waals surface area contributed by atoms with Gasteiger partial charge in [-0.3, -0.25) is 0 Å². The maximum atomic E-state index is 12.8. The first-order valence-corrected chi connectivity index (χ1v) is 8.86. The molecule has 1 aromatic heterocycles. The van der Waals surface area contributed by atoms with Crippen LogP contribution in [-0.4, -0.2) is 48.6 Å². The van der Waals surface area contributed by atoms with Crippen molar-refractivity contribution in [3.8, 4) is 0 Å². The zero-order valence-corrected chi connectivity index (χ0v) is 13.1. The summed E-state index contributed by atoms with van der Waals surface area (Å²) in [6, 6.07) is 3.17. The minimum atomic E-state index is -3.53. The van der Waals surface area contributed by atoms with E-state index in [0.29, 0.717) is 25.3 Å². The summed E-state index contributed by atoms with van der Waals surface area (Å²) in [5.41, 5.74) is 0. The molecular formula is C14H23N3O3S. The van der Waals surface area contributed by atoms with Gasteiger partial charge in [0.05, 0.1) is 4.90 Å². The van der Waals surface area contributed by atoms with Crippen LogP contribution in [0.15, 0.2) is 23.2 Å². The average Bonchev–Trinajstić information content (AvgIpc) is 2.42. The van der Waals surface area contributed by atoms with Crippen LogP contribution in [0.25, 0.3) is 0 Å². The monoisotopic (exact) mass is 313 g/mol. The maximum absolute atomic E-state index is 12.8. The molecule has 0 aliphatic heterocycles. The van der Waals surface area contributed by atoms with Crippen molar-refractivity contribution >= 4 is 15.8 Å². The van der Waals surface area contributed by atoms with E-state index in [4.69, 9.17) is 5.11 Å². The van der Waals surface area contributed by atoms with Crippen molar-refractivity contribution in [1.82, 2.24) is 9.29 Å². The number of hydrogen-bond donors (Lipinski definition) is 2. The number of sulfonamides is 1. The van der Waals surface area contributed by atoms with Crippen LogP contribution in [0.4, 0.5) is 5.82 Å². The van der Waals surface area contributed by atoms with Crippen molar-refractivity contribution in [2.45, 2.75) is 43.5 Å². The molecule has 0 spiro atoms. The van der Waals surface area contributed by atoms with Gasteiger partial charge < -0.3 is 10.4 Å². The second kappa shape index (κ2) is 7.20. The molecule has 7 heteroatoms. The highest BCUT2D eigenvalue weighted by Crippen LogP contribution is 2.30. The number of pyridine rings is 1. The number of rotatable bonds is 8. The lowest BCUT2D eigenvalue weighted by Gasteiger charge is -2.36. The van der Waals surface area contributed by atoms with Crippen molar-refractivity contribution in [2.75, 3.05) is 25.0 Å². The normalized spacial score (nSPS) is 16.0. The molecule has 1 aliphatic carbocycles. The van der Waals surface area contributed by atoms with Crippen molar-refractivity contribution < 1.29 is 13.5 Å². The Kier molecular flexibility index (Phi) is 5.55. The number of anilines is 1. The summed E-state index contributed by atoms with van der Waals surface area (Å²) in [4.78, 5) is 4.37. The van der Waals surface area contributed by atoms with Crippen LogP contribution >= 0.6 is 0 Å². The molecule has 0 saturated heterocycles. The standard InChI is InChI=1S/C14H23N3O3S/c1-2-15-14-11-13(7-8-16-14)21(19,20)17(9-4-10-18)12-5-3-6-12/h7-8,11-12,18H,2-6,9-10H2,1H3,(H,15,16). The van der Waals surface area contributed by atoms with Gasteiger partial charge in [0.25, 0.3) is 0 Å². The first-order chi connectivity index (χ1) is 10.1. The van der Waals surface area contributed by atoms with Crippen molar-refractivity contribution in [1.29, 1.82) is 0 Å². The molecule has 0 radical (unpaired) electrons. The van der Waals surface area contributed by atoms with Gasteiger partial charge in [-0.2, -0.15) is 4.31 Å². The van der Waals surface area contributed by atoms with Gasteiger partial charge >= 0.3 is 0 Å². The lowest BCUT2D eigenvalue weighted by molar-refractivity contribution is 0.198. The molecule has 2 N–H and O–H groups in total. The molecule has 0 bridgehead atoms. The summed E-state index contributed by atoms with van der Waals surface area (Å²) in [5.74, 6) is 0.564. The van der Waals surface area contributed by atoms with Crippen LogP contribution in [0.3, 0.4) is 0 Å². The van der Waals surface area contributed by atoms with Crippen LogP contribution < -0.4 is 5.32 Å². The molecule has 1 fully saturated rings. The van der Waals surface area contributed by atoms with Crippen LogP contribution in [0.5, 0.6) is 0 Å². The number of nitrogens with one attached hydrogen (secondary N) is 1. The minimum Gasteiger partial charge on any atom is -0.396 e. The number of aromatic nitrogens is 1. The number of nitrogens with zero attached hydrogens (tertiary/aromatic N) is 2. The Hall–Kier alpha value is -1.18. The Morgan fingerprint density at radius 2 is 2.24 bits per heavy atom. The second-order valence-corrected chi connectivity index (χ2v) is 7.08. The summed E-state index contributed by atoms with van der Waals surface area (Å²) in [5, 5.41) is 12.0.